The number of thiophene rings is 1. The van der Waals surface area contributed by atoms with Gasteiger partial charge in [0.15, 0.2) is 0 Å². The maximum absolute atomic E-state index is 12.6. The number of nitrogens with one attached hydrogen (secondary N) is 2. The molecule has 3 rings (SSSR count). The average Bonchev–Trinajstić information content (AvgIpc) is 3.25. The number of anilines is 2. The first-order chi connectivity index (χ1) is 14.1. The summed E-state index contributed by atoms with van der Waals surface area (Å²) in [6.07, 6.45) is 0. The first-order valence-corrected chi connectivity index (χ1v) is 11.0. The van der Waals surface area contributed by atoms with Crippen LogP contribution in [-0.2, 0) is 4.79 Å². The monoisotopic (exact) mass is 426 g/mol. The third kappa shape index (κ3) is 5.85. The van der Waals surface area contributed by atoms with Gasteiger partial charge in [-0.3, -0.25) is 9.59 Å². The first-order valence-electron chi connectivity index (χ1n) is 9.21. The minimum atomic E-state index is -0.326. The number of hydrogen-bond acceptors (Lipinski definition) is 5. The average molecular weight is 427 g/mol. The van der Waals surface area contributed by atoms with Gasteiger partial charge in [0, 0.05) is 10.6 Å². The molecule has 7 heteroatoms. The van der Waals surface area contributed by atoms with Crippen LogP contribution in [0.1, 0.15) is 23.5 Å². The number of benzene rings is 2. The van der Waals surface area contributed by atoms with Crippen LogP contribution in [0.3, 0.4) is 0 Å². The molecule has 2 amide bonds. The molecule has 1 heterocycles. The summed E-state index contributed by atoms with van der Waals surface area (Å²) in [5, 5.41) is 7.36. The molecular formula is C22H22N2O3S2. The van der Waals surface area contributed by atoms with Crippen molar-refractivity contribution in [3.8, 4) is 5.75 Å². The number of carbonyl (C=O) groups is 2. The molecule has 1 atom stereocenters. The maximum Gasteiger partial charge on any atom is 0.265 e. The van der Waals surface area contributed by atoms with Crippen molar-refractivity contribution < 1.29 is 14.3 Å². The highest BCUT2D eigenvalue weighted by Crippen LogP contribution is 2.29. The third-order valence-electron chi connectivity index (χ3n) is 3.96. The summed E-state index contributed by atoms with van der Waals surface area (Å²) in [6.45, 7) is 4.28. The molecular weight excluding hydrogens is 404 g/mol. The highest BCUT2D eigenvalue weighted by atomic mass is 32.2. The Morgan fingerprint density at radius 2 is 1.90 bits per heavy atom. The minimum absolute atomic E-state index is 0.116. The van der Waals surface area contributed by atoms with Gasteiger partial charge in [0.2, 0.25) is 5.91 Å². The molecule has 0 aliphatic carbocycles. The Morgan fingerprint density at radius 3 is 2.66 bits per heavy atom. The molecule has 0 aliphatic heterocycles. The Kier molecular flexibility index (Phi) is 7.32. The van der Waals surface area contributed by atoms with Crippen molar-refractivity contribution in [3.63, 3.8) is 0 Å². The van der Waals surface area contributed by atoms with Gasteiger partial charge >= 0.3 is 0 Å². The van der Waals surface area contributed by atoms with Gasteiger partial charge in [0.25, 0.3) is 5.91 Å². The van der Waals surface area contributed by atoms with Crippen LogP contribution < -0.4 is 15.4 Å². The number of hydrogen-bond donors (Lipinski definition) is 2. The van der Waals surface area contributed by atoms with E-state index in [1.807, 2.05) is 73.8 Å². The number of amides is 2. The van der Waals surface area contributed by atoms with E-state index in [4.69, 9.17) is 4.74 Å². The summed E-state index contributed by atoms with van der Waals surface area (Å²) in [4.78, 5) is 26.4. The lowest BCUT2D eigenvalue weighted by Gasteiger charge is -2.15. The van der Waals surface area contributed by atoms with E-state index in [9.17, 15) is 9.59 Å². The highest BCUT2D eigenvalue weighted by Gasteiger charge is 2.17. The van der Waals surface area contributed by atoms with Crippen molar-refractivity contribution >= 4 is 46.3 Å². The molecule has 3 aromatic rings. The molecule has 0 fully saturated rings. The minimum Gasteiger partial charge on any atom is -0.492 e. The number of ether oxygens (including phenoxy) is 1. The molecule has 0 radical (unpaired) electrons. The largest absolute Gasteiger partial charge is 0.492 e. The highest BCUT2D eigenvalue weighted by molar-refractivity contribution is 8.00. The van der Waals surface area contributed by atoms with Gasteiger partial charge in [-0.25, -0.2) is 0 Å². The van der Waals surface area contributed by atoms with E-state index < -0.39 is 0 Å². The lowest BCUT2D eigenvalue weighted by molar-refractivity contribution is -0.115. The standard InChI is InChI=1S/C22H22N2O3S2/c1-3-27-19-11-5-4-10-18(19)24-21(25)15(2)29-17-9-6-8-16(14-17)23-22(26)20-12-7-13-28-20/h4-15H,3H2,1-2H3,(H,23,26)(H,24,25). The van der Waals surface area contributed by atoms with Crippen LogP contribution in [0.4, 0.5) is 11.4 Å². The molecule has 29 heavy (non-hydrogen) atoms. The fourth-order valence-corrected chi connectivity index (χ4v) is 4.14. The van der Waals surface area contributed by atoms with Crippen molar-refractivity contribution in [1.82, 2.24) is 0 Å². The number of thioether (sulfide) groups is 1. The molecule has 1 unspecified atom stereocenters. The van der Waals surface area contributed by atoms with Gasteiger partial charge in [-0.05, 0) is 55.6 Å². The molecule has 2 aromatic carbocycles. The molecule has 0 bridgehead atoms. The molecule has 5 nitrogen and oxygen atoms in total. The van der Waals surface area contributed by atoms with E-state index in [2.05, 4.69) is 10.6 Å². The lowest BCUT2D eigenvalue weighted by atomic mass is 10.3. The van der Waals surface area contributed by atoms with Crippen LogP contribution in [0.25, 0.3) is 0 Å². The van der Waals surface area contributed by atoms with Gasteiger partial charge in [0.1, 0.15) is 5.75 Å². The molecule has 0 saturated carbocycles. The van der Waals surface area contributed by atoms with Crippen molar-refractivity contribution in [2.45, 2.75) is 24.0 Å². The molecule has 2 N–H and O–H groups in total. The van der Waals surface area contributed by atoms with E-state index in [1.165, 1.54) is 23.1 Å². The zero-order valence-electron chi connectivity index (χ0n) is 16.2. The smallest absolute Gasteiger partial charge is 0.265 e. The van der Waals surface area contributed by atoms with Crippen molar-refractivity contribution in [1.29, 1.82) is 0 Å². The second-order valence-electron chi connectivity index (χ2n) is 6.14. The summed E-state index contributed by atoms with van der Waals surface area (Å²) in [6, 6.07) is 18.5. The van der Waals surface area contributed by atoms with Gasteiger partial charge in [-0.1, -0.05) is 24.3 Å². The second kappa shape index (κ2) is 10.1. The topological polar surface area (TPSA) is 67.4 Å². The van der Waals surface area contributed by atoms with E-state index in [0.29, 0.717) is 28.6 Å². The molecule has 0 aliphatic rings. The van der Waals surface area contributed by atoms with Crippen LogP contribution in [0.2, 0.25) is 0 Å². The van der Waals surface area contributed by atoms with Crippen molar-refractivity contribution in [2.24, 2.45) is 0 Å². The van der Waals surface area contributed by atoms with E-state index >= 15 is 0 Å². The predicted molar refractivity (Wildman–Crippen MR) is 120 cm³/mol. The molecule has 150 valence electrons. The Labute approximate surface area is 178 Å². The Morgan fingerprint density at radius 1 is 1.07 bits per heavy atom. The predicted octanol–water partition coefficient (Wildman–Crippen LogP) is 5.52. The van der Waals surface area contributed by atoms with Crippen LogP contribution in [0.15, 0.2) is 70.9 Å². The van der Waals surface area contributed by atoms with E-state index in [-0.39, 0.29) is 17.1 Å². The quantitative estimate of drug-likeness (QED) is 0.466. The molecule has 0 saturated heterocycles. The second-order valence-corrected chi connectivity index (χ2v) is 8.50. The van der Waals surface area contributed by atoms with Crippen molar-refractivity contribution in [2.75, 3.05) is 17.2 Å². The van der Waals surface area contributed by atoms with E-state index in [0.717, 1.165) is 4.90 Å². The normalized spacial score (nSPS) is 11.5. The Balaban J connectivity index is 1.62. The summed E-state index contributed by atoms with van der Waals surface area (Å²) < 4.78 is 5.56. The maximum atomic E-state index is 12.6. The Hall–Kier alpha value is -2.77. The zero-order valence-corrected chi connectivity index (χ0v) is 17.8. The van der Waals surface area contributed by atoms with Gasteiger partial charge in [-0.2, -0.15) is 0 Å². The fourth-order valence-electron chi connectivity index (χ4n) is 2.59. The molecule has 1 aromatic heterocycles. The van der Waals surface area contributed by atoms with Crippen LogP contribution >= 0.6 is 23.1 Å². The SMILES string of the molecule is CCOc1ccccc1NC(=O)C(C)Sc1cccc(NC(=O)c2cccs2)c1. The number of carbonyl (C=O) groups excluding carboxylic acids is 2. The summed E-state index contributed by atoms with van der Waals surface area (Å²) in [5.41, 5.74) is 1.35. The molecule has 0 spiro atoms. The van der Waals surface area contributed by atoms with Crippen LogP contribution in [-0.4, -0.2) is 23.7 Å². The summed E-state index contributed by atoms with van der Waals surface area (Å²) >= 11 is 2.82. The van der Waals surface area contributed by atoms with Crippen molar-refractivity contribution in [3.05, 3.63) is 70.9 Å². The summed E-state index contributed by atoms with van der Waals surface area (Å²) in [7, 11) is 0. The first kappa shape index (κ1) is 21.0. The van der Waals surface area contributed by atoms with Crippen LogP contribution in [0, 0.1) is 0 Å². The lowest BCUT2D eigenvalue weighted by Crippen LogP contribution is -2.22. The Bertz CT molecular complexity index is 974. The van der Waals surface area contributed by atoms with Crippen LogP contribution in [0.5, 0.6) is 5.75 Å². The number of para-hydroxylation sites is 2. The van der Waals surface area contributed by atoms with Gasteiger partial charge in [0.05, 0.1) is 22.4 Å². The summed E-state index contributed by atoms with van der Waals surface area (Å²) in [5.74, 6) is 0.398. The van der Waals surface area contributed by atoms with E-state index in [1.54, 1.807) is 6.07 Å². The zero-order chi connectivity index (χ0) is 20.6. The van der Waals surface area contributed by atoms with Gasteiger partial charge < -0.3 is 15.4 Å². The fraction of sp³-hybridized carbons (Fsp3) is 0.182. The third-order valence-corrected chi connectivity index (χ3v) is 5.93. The van der Waals surface area contributed by atoms with Gasteiger partial charge in [-0.15, -0.1) is 23.1 Å². The number of rotatable bonds is 8.